The number of carbonyl (C=O) groups excluding carboxylic acids is 1. The van der Waals surface area contributed by atoms with Crippen LogP contribution in [-0.4, -0.2) is 34.4 Å². The summed E-state index contributed by atoms with van der Waals surface area (Å²) in [5.74, 6) is 1.16. The van der Waals surface area contributed by atoms with E-state index in [1.165, 1.54) is 11.8 Å². The third-order valence-corrected chi connectivity index (χ3v) is 4.01. The second-order valence-electron chi connectivity index (χ2n) is 4.85. The van der Waals surface area contributed by atoms with Crippen LogP contribution in [0.1, 0.15) is 42.7 Å². The molecule has 0 bridgehead atoms. The lowest BCUT2D eigenvalue weighted by atomic mass is 10.2. The number of aromatic nitrogens is 1. The standard InChI is InChI=1S/C14H22N2O4S/c1-10-12(11(2)20-16-10)8-21-9-13(17)15-7-5-3-4-6-14(18)19/h3-9H2,1-2H3,(H,15,17)(H,18,19). The lowest BCUT2D eigenvalue weighted by Crippen LogP contribution is -2.26. The predicted molar refractivity (Wildman–Crippen MR) is 81.3 cm³/mol. The number of aliphatic carboxylic acids is 1. The number of carboxylic acids is 1. The van der Waals surface area contributed by atoms with E-state index >= 15 is 0 Å². The topological polar surface area (TPSA) is 92.4 Å². The Morgan fingerprint density at radius 2 is 2.05 bits per heavy atom. The van der Waals surface area contributed by atoms with Gasteiger partial charge in [0.05, 0.1) is 11.4 Å². The molecule has 0 saturated carbocycles. The van der Waals surface area contributed by atoms with Crippen molar-refractivity contribution in [1.29, 1.82) is 0 Å². The maximum absolute atomic E-state index is 11.6. The summed E-state index contributed by atoms with van der Waals surface area (Å²) in [6.07, 6.45) is 2.49. The van der Waals surface area contributed by atoms with Gasteiger partial charge < -0.3 is 14.9 Å². The number of aryl methyl sites for hydroxylation is 2. The van der Waals surface area contributed by atoms with Gasteiger partial charge in [0.1, 0.15) is 5.76 Å². The zero-order valence-corrected chi connectivity index (χ0v) is 13.3. The first-order valence-electron chi connectivity index (χ1n) is 6.98. The first kappa shape index (κ1) is 17.6. The molecule has 0 radical (unpaired) electrons. The molecule has 1 aromatic rings. The number of unbranched alkanes of at least 4 members (excludes halogenated alkanes) is 2. The van der Waals surface area contributed by atoms with Crippen molar-refractivity contribution < 1.29 is 19.2 Å². The van der Waals surface area contributed by atoms with E-state index in [2.05, 4.69) is 10.5 Å². The van der Waals surface area contributed by atoms with Crippen molar-refractivity contribution in [1.82, 2.24) is 10.5 Å². The number of nitrogens with one attached hydrogen (secondary N) is 1. The van der Waals surface area contributed by atoms with Crippen LogP contribution in [0.3, 0.4) is 0 Å². The number of hydrogen-bond acceptors (Lipinski definition) is 5. The fourth-order valence-corrected chi connectivity index (χ4v) is 2.82. The Kier molecular flexibility index (Phi) is 7.89. The molecule has 2 N–H and O–H groups in total. The number of nitrogens with zero attached hydrogens (tertiary/aromatic N) is 1. The lowest BCUT2D eigenvalue weighted by Gasteiger charge is -2.05. The lowest BCUT2D eigenvalue weighted by molar-refractivity contribution is -0.137. The van der Waals surface area contributed by atoms with Crippen molar-refractivity contribution in [2.75, 3.05) is 12.3 Å². The summed E-state index contributed by atoms with van der Waals surface area (Å²) in [5, 5.41) is 15.2. The maximum atomic E-state index is 11.6. The average Bonchev–Trinajstić information content (AvgIpc) is 2.74. The van der Waals surface area contributed by atoms with Gasteiger partial charge in [-0.25, -0.2) is 0 Å². The van der Waals surface area contributed by atoms with Gasteiger partial charge in [0.25, 0.3) is 0 Å². The van der Waals surface area contributed by atoms with Gasteiger partial charge in [0.2, 0.25) is 5.91 Å². The van der Waals surface area contributed by atoms with Crippen molar-refractivity contribution in [3.05, 3.63) is 17.0 Å². The van der Waals surface area contributed by atoms with E-state index in [1.54, 1.807) is 0 Å². The zero-order chi connectivity index (χ0) is 15.7. The third-order valence-electron chi connectivity index (χ3n) is 3.05. The minimum absolute atomic E-state index is 0.00462. The number of carboxylic acid groups (broad SMARTS) is 1. The van der Waals surface area contributed by atoms with Gasteiger partial charge in [-0.3, -0.25) is 9.59 Å². The number of thioether (sulfide) groups is 1. The molecule has 1 rings (SSSR count). The molecule has 0 aliphatic carbocycles. The molecule has 0 aliphatic rings. The van der Waals surface area contributed by atoms with Crippen LogP contribution in [0, 0.1) is 13.8 Å². The summed E-state index contributed by atoms with van der Waals surface area (Å²) in [5.41, 5.74) is 1.93. The zero-order valence-electron chi connectivity index (χ0n) is 12.5. The van der Waals surface area contributed by atoms with Crippen molar-refractivity contribution in [2.45, 2.75) is 45.3 Å². The molecule has 0 saturated heterocycles. The van der Waals surface area contributed by atoms with Crippen LogP contribution < -0.4 is 5.32 Å². The van der Waals surface area contributed by atoms with Crippen LogP contribution in [0.4, 0.5) is 0 Å². The number of carbonyl (C=O) groups is 2. The smallest absolute Gasteiger partial charge is 0.303 e. The van der Waals surface area contributed by atoms with Gasteiger partial charge in [-0.2, -0.15) is 0 Å². The van der Waals surface area contributed by atoms with E-state index in [4.69, 9.17) is 9.63 Å². The van der Waals surface area contributed by atoms with E-state index in [0.29, 0.717) is 24.5 Å². The van der Waals surface area contributed by atoms with Crippen LogP contribution >= 0.6 is 11.8 Å². The van der Waals surface area contributed by atoms with Crippen molar-refractivity contribution in [2.24, 2.45) is 0 Å². The van der Waals surface area contributed by atoms with Gasteiger partial charge >= 0.3 is 5.97 Å². The molecule has 0 aromatic carbocycles. The predicted octanol–water partition coefficient (Wildman–Crippen LogP) is 2.29. The molecular weight excluding hydrogens is 292 g/mol. The quantitative estimate of drug-likeness (QED) is 0.644. The molecule has 0 aliphatic heterocycles. The molecule has 0 unspecified atom stereocenters. The molecule has 1 amide bonds. The maximum Gasteiger partial charge on any atom is 0.303 e. The Labute approximate surface area is 128 Å². The number of amides is 1. The molecule has 21 heavy (non-hydrogen) atoms. The van der Waals surface area contributed by atoms with E-state index in [1.807, 2.05) is 13.8 Å². The van der Waals surface area contributed by atoms with Crippen molar-refractivity contribution in [3.8, 4) is 0 Å². The van der Waals surface area contributed by atoms with Gasteiger partial charge in [0.15, 0.2) is 0 Å². The van der Waals surface area contributed by atoms with E-state index in [-0.39, 0.29) is 12.3 Å². The second kappa shape index (κ2) is 9.44. The molecule has 118 valence electrons. The van der Waals surface area contributed by atoms with E-state index < -0.39 is 5.97 Å². The highest BCUT2D eigenvalue weighted by Crippen LogP contribution is 2.19. The van der Waals surface area contributed by atoms with Crippen LogP contribution in [0.5, 0.6) is 0 Å². The van der Waals surface area contributed by atoms with Crippen molar-refractivity contribution >= 4 is 23.6 Å². The molecule has 0 atom stereocenters. The van der Waals surface area contributed by atoms with E-state index in [9.17, 15) is 9.59 Å². The summed E-state index contributed by atoms with van der Waals surface area (Å²) in [4.78, 5) is 21.9. The third kappa shape index (κ3) is 7.17. The van der Waals surface area contributed by atoms with Crippen LogP contribution in [0.25, 0.3) is 0 Å². The average molecular weight is 314 g/mol. The fourth-order valence-electron chi connectivity index (χ4n) is 1.81. The minimum atomic E-state index is -0.769. The highest BCUT2D eigenvalue weighted by molar-refractivity contribution is 7.99. The van der Waals surface area contributed by atoms with Crippen LogP contribution in [-0.2, 0) is 15.3 Å². The molecule has 6 nitrogen and oxygen atoms in total. The van der Waals surface area contributed by atoms with Gasteiger partial charge in [-0.15, -0.1) is 11.8 Å². The Morgan fingerprint density at radius 3 is 2.67 bits per heavy atom. The number of hydrogen-bond donors (Lipinski definition) is 2. The summed E-state index contributed by atoms with van der Waals surface area (Å²) in [7, 11) is 0. The molecule has 1 aromatic heterocycles. The molecular formula is C14H22N2O4S. The molecule has 7 heteroatoms. The van der Waals surface area contributed by atoms with Gasteiger partial charge in [-0.05, 0) is 26.7 Å². The highest BCUT2D eigenvalue weighted by Gasteiger charge is 2.09. The van der Waals surface area contributed by atoms with Crippen molar-refractivity contribution in [3.63, 3.8) is 0 Å². The molecule has 1 heterocycles. The Morgan fingerprint density at radius 1 is 1.29 bits per heavy atom. The van der Waals surface area contributed by atoms with Crippen LogP contribution in [0.15, 0.2) is 4.52 Å². The first-order valence-corrected chi connectivity index (χ1v) is 8.14. The SMILES string of the molecule is Cc1noc(C)c1CSCC(=O)NCCCCCC(=O)O. The fraction of sp³-hybridized carbons (Fsp3) is 0.643. The molecule has 0 spiro atoms. The summed E-state index contributed by atoms with van der Waals surface area (Å²) in [6.45, 7) is 4.36. The van der Waals surface area contributed by atoms with E-state index in [0.717, 1.165) is 29.9 Å². The monoisotopic (exact) mass is 314 g/mol. The Bertz CT molecular complexity index is 454. The first-order chi connectivity index (χ1) is 10.0. The summed E-state index contributed by atoms with van der Waals surface area (Å²) < 4.78 is 5.07. The van der Waals surface area contributed by atoms with Crippen LogP contribution in [0.2, 0.25) is 0 Å². The second-order valence-corrected chi connectivity index (χ2v) is 5.84. The number of rotatable bonds is 10. The largest absolute Gasteiger partial charge is 0.481 e. The minimum Gasteiger partial charge on any atom is -0.481 e. The Balaban J connectivity index is 2.05. The van der Waals surface area contributed by atoms with Gasteiger partial charge in [0, 0.05) is 24.3 Å². The Hall–Kier alpha value is -1.50. The summed E-state index contributed by atoms with van der Waals surface area (Å²) in [6, 6.07) is 0. The summed E-state index contributed by atoms with van der Waals surface area (Å²) >= 11 is 1.53. The van der Waals surface area contributed by atoms with Gasteiger partial charge in [-0.1, -0.05) is 11.6 Å². The highest BCUT2D eigenvalue weighted by atomic mass is 32.2. The molecule has 0 fully saturated rings. The normalized spacial score (nSPS) is 10.6.